The Morgan fingerprint density at radius 3 is 2.52 bits per heavy atom. The Labute approximate surface area is 177 Å². The minimum atomic E-state index is -4.72. The van der Waals surface area contributed by atoms with Crippen LogP contribution in [0, 0.1) is 5.82 Å². The fourth-order valence-electron chi connectivity index (χ4n) is 3.58. The van der Waals surface area contributed by atoms with Crippen molar-refractivity contribution in [1.82, 2.24) is 4.90 Å². The smallest absolute Gasteiger partial charge is 0.493 e. The molecule has 0 spiro atoms. The Morgan fingerprint density at radius 2 is 1.84 bits per heavy atom. The number of benzene rings is 2. The van der Waals surface area contributed by atoms with E-state index < -0.39 is 13.0 Å². The van der Waals surface area contributed by atoms with E-state index >= 15 is 0 Å². The second-order valence-corrected chi connectivity index (χ2v) is 7.15. The number of likely N-dealkylation sites (tertiary alicyclic amines) is 1. The van der Waals surface area contributed by atoms with Gasteiger partial charge in [0, 0.05) is 24.6 Å². The van der Waals surface area contributed by atoms with Crippen molar-refractivity contribution < 1.29 is 36.6 Å². The van der Waals surface area contributed by atoms with Crippen molar-refractivity contribution in [1.29, 1.82) is 0 Å². The molecule has 0 aromatic heterocycles. The van der Waals surface area contributed by atoms with Crippen molar-refractivity contribution in [3.8, 4) is 11.5 Å². The highest BCUT2D eigenvalue weighted by molar-refractivity contribution is 5.95. The summed E-state index contributed by atoms with van der Waals surface area (Å²) in [5.74, 6) is 0.0953. The minimum Gasteiger partial charge on any atom is -0.493 e. The average Bonchev–Trinajstić information content (AvgIpc) is 2.76. The van der Waals surface area contributed by atoms with E-state index in [1.54, 1.807) is 23.1 Å². The van der Waals surface area contributed by atoms with E-state index in [4.69, 9.17) is 9.47 Å². The highest BCUT2D eigenvalue weighted by Gasteiger charge is 2.29. The Morgan fingerprint density at radius 1 is 1.10 bits per heavy atom. The number of hydrogen-bond donors (Lipinski definition) is 0. The van der Waals surface area contributed by atoms with E-state index in [2.05, 4.69) is 4.74 Å². The van der Waals surface area contributed by atoms with Gasteiger partial charge < -0.3 is 14.4 Å². The molecule has 1 saturated heterocycles. The van der Waals surface area contributed by atoms with Crippen LogP contribution in [0.1, 0.15) is 34.7 Å². The van der Waals surface area contributed by atoms with Gasteiger partial charge in [-0.25, -0.2) is 4.39 Å². The van der Waals surface area contributed by atoms with Gasteiger partial charge in [-0.05, 0) is 48.7 Å². The van der Waals surface area contributed by atoms with Crippen LogP contribution in [-0.4, -0.2) is 50.6 Å². The number of alkyl halides is 3. The van der Waals surface area contributed by atoms with E-state index in [-0.39, 0.29) is 35.7 Å². The molecule has 2 aromatic carbocycles. The Bertz CT molecular complexity index is 886. The van der Waals surface area contributed by atoms with Crippen molar-refractivity contribution >= 4 is 5.91 Å². The van der Waals surface area contributed by atoms with Crippen molar-refractivity contribution in [2.24, 2.45) is 0 Å². The van der Waals surface area contributed by atoms with Crippen LogP contribution in [0.2, 0.25) is 0 Å². The summed E-state index contributed by atoms with van der Waals surface area (Å²) in [6, 6.07) is 10.9. The Balaban J connectivity index is 1.64. The molecule has 1 aliphatic heterocycles. The highest BCUT2D eigenvalue weighted by Crippen LogP contribution is 2.31. The van der Waals surface area contributed by atoms with Gasteiger partial charge in [-0.1, -0.05) is 12.1 Å². The zero-order valence-corrected chi connectivity index (χ0v) is 17.0. The topological polar surface area (TPSA) is 48.0 Å². The SMILES string of the molecule is COc1cc(C(=O)N2CCCC(c3ccc(F)cc3)C2)ccc1OCCOC(F)(F)F. The molecule has 9 heteroatoms. The lowest BCUT2D eigenvalue weighted by Crippen LogP contribution is -2.39. The van der Waals surface area contributed by atoms with Crippen molar-refractivity contribution in [2.45, 2.75) is 25.1 Å². The second kappa shape index (κ2) is 10.00. The van der Waals surface area contributed by atoms with Crippen LogP contribution >= 0.6 is 0 Å². The minimum absolute atomic E-state index is 0.122. The number of ether oxygens (including phenoxy) is 3. The summed E-state index contributed by atoms with van der Waals surface area (Å²) in [7, 11) is 1.38. The summed E-state index contributed by atoms with van der Waals surface area (Å²) >= 11 is 0. The van der Waals surface area contributed by atoms with E-state index in [9.17, 15) is 22.4 Å². The first kappa shape index (κ1) is 22.9. The molecule has 2 aromatic rings. The number of methoxy groups -OCH3 is 1. The maximum absolute atomic E-state index is 13.2. The zero-order chi connectivity index (χ0) is 22.4. The molecule has 0 bridgehead atoms. The van der Waals surface area contributed by atoms with Gasteiger partial charge in [0.2, 0.25) is 0 Å². The number of carbonyl (C=O) groups excluding carboxylic acids is 1. The van der Waals surface area contributed by atoms with Gasteiger partial charge in [0.25, 0.3) is 5.91 Å². The first-order valence-corrected chi connectivity index (χ1v) is 9.83. The summed E-state index contributed by atoms with van der Waals surface area (Å²) in [5.41, 5.74) is 1.37. The predicted octanol–water partition coefficient (Wildman–Crippen LogP) is 4.77. The van der Waals surface area contributed by atoms with E-state index in [1.807, 2.05) is 0 Å². The number of amides is 1. The summed E-state index contributed by atoms with van der Waals surface area (Å²) in [6.45, 7) is 0.131. The summed E-state index contributed by atoms with van der Waals surface area (Å²) in [5, 5.41) is 0. The zero-order valence-electron chi connectivity index (χ0n) is 17.0. The highest BCUT2D eigenvalue weighted by atomic mass is 19.4. The van der Waals surface area contributed by atoms with Gasteiger partial charge in [-0.2, -0.15) is 0 Å². The van der Waals surface area contributed by atoms with Crippen LogP contribution in [0.25, 0.3) is 0 Å². The Kier molecular flexibility index (Phi) is 7.37. The van der Waals surface area contributed by atoms with Gasteiger partial charge in [0.05, 0.1) is 13.7 Å². The van der Waals surface area contributed by atoms with Gasteiger partial charge in [-0.15, -0.1) is 13.2 Å². The van der Waals surface area contributed by atoms with E-state index in [0.717, 1.165) is 18.4 Å². The molecule has 1 unspecified atom stereocenters. The molecule has 31 heavy (non-hydrogen) atoms. The number of carbonyl (C=O) groups is 1. The van der Waals surface area contributed by atoms with Gasteiger partial charge >= 0.3 is 6.36 Å². The maximum atomic E-state index is 13.2. The van der Waals surface area contributed by atoms with Crippen LogP contribution in [0.4, 0.5) is 17.6 Å². The molecular formula is C22H23F4NO4. The first-order valence-electron chi connectivity index (χ1n) is 9.83. The molecule has 1 atom stereocenters. The number of hydrogen-bond acceptors (Lipinski definition) is 4. The lowest BCUT2D eigenvalue weighted by molar-refractivity contribution is -0.325. The molecule has 3 rings (SSSR count). The second-order valence-electron chi connectivity index (χ2n) is 7.15. The quantitative estimate of drug-likeness (QED) is 0.459. The maximum Gasteiger partial charge on any atom is 0.522 e. The standard InChI is InChI=1S/C22H23F4NO4/c1-29-20-13-16(6-9-19(20)30-11-12-31-22(24,25)26)21(28)27-10-2-3-17(14-27)15-4-7-18(23)8-5-15/h4-9,13,17H,2-3,10-12,14H2,1H3. The lowest BCUT2D eigenvalue weighted by Gasteiger charge is -2.33. The molecule has 0 aliphatic carbocycles. The molecule has 1 aliphatic rings. The number of piperidine rings is 1. The molecular weight excluding hydrogens is 418 g/mol. The molecule has 168 valence electrons. The van der Waals surface area contributed by atoms with E-state index in [1.165, 1.54) is 31.4 Å². The Hall–Kier alpha value is -2.81. The molecule has 1 amide bonds. The predicted molar refractivity (Wildman–Crippen MR) is 105 cm³/mol. The lowest BCUT2D eigenvalue weighted by atomic mass is 9.90. The number of rotatable bonds is 7. The van der Waals surface area contributed by atoms with Crippen molar-refractivity contribution in [3.05, 3.63) is 59.4 Å². The molecule has 0 saturated carbocycles. The first-order chi connectivity index (χ1) is 14.8. The van der Waals surface area contributed by atoms with Gasteiger partial charge in [0.15, 0.2) is 11.5 Å². The average molecular weight is 441 g/mol. The summed E-state index contributed by atoms with van der Waals surface area (Å²) < 4.78 is 63.5. The fourth-order valence-corrected chi connectivity index (χ4v) is 3.58. The fraction of sp³-hybridized carbons (Fsp3) is 0.409. The molecule has 0 radical (unpaired) electrons. The third kappa shape index (κ3) is 6.33. The normalized spacial score (nSPS) is 16.8. The van der Waals surface area contributed by atoms with Crippen LogP contribution in [0.5, 0.6) is 11.5 Å². The molecule has 1 heterocycles. The number of halogens is 4. The molecule has 1 fully saturated rings. The van der Waals surface area contributed by atoms with Crippen molar-refractivity contribution in [3.63, 3.8) is 0 Å². The monoisotopic (exact) mass is 441 g/mol. The van der Waals surface area contributed by atoms with Gasteiger partial charge in [-0.3, -0.25) is 9.53 Å². The molecule has 5 nitrogen and oxygen atoms in total. The van der Waals surface area contributed by atoms with Crippen molar-refractivity contribution in [2.75, 3.05) is 33.4 Å². The van der Waals surface area contributed by atoms with Crippen LogP contribution in [0.3, 0.4) is 0 Å². The summed E-state index contributed by atoms with van der Waals surface area (Å²) in [6.07, 6.45) is -2.99. The van der Waals surface area contributed by atoms with Gasteiger partial charge in [0.1, 0.15) is 12.4 Å². The van der Waals surface area contributed by atoms with E-state index in [0.29, 0.717) is 18.7 Å². The van der Waals surface area contributed by atoms with Crippen LogP contribution < -0.4 is 9.47 Å². The van der Waals surface area contributed by atoms with Crippen LogP contribution in [-0.2, 0) is 4.74 Å². The van der Waals surface area contributed by atoms with Crippen LogP contribution in [0.15, 0.2) is 42.5 Å². The third-order valence-corrected chi connectivity index (χ3v) is 5.07. The number of nitrogens with zero attached hydrogens (tertiary/aromatic N) is 1. The molecule has 0 N–H and O–H groups in total. The summed E-state index contributed by atoms with van der Waals surface area (Å²) in [4.78, 5) is 14.7. The third-order valence-electron chi connectivity index (χ3n) is 5.07. The largest absolute Gasteiger partial charge is 0.522 e.